The summed E-state index contributed by atoms with van der Waals surface area (Å²) in [5, 5.41) is 0. The van der Waals surface area contributed by atoms with E-state index in [9.17, 15) is 14.0 Å². The van der Waals surface area contributed by atoms with E-state index in [0.29, 0.717) is 38.2 Å². The lowest BCUT2D eigenvalue weighted by Gasteiger charge is -2.14. The molecule has 0 aliphatic rings. The molecule has 0 amide bonds. The molecule has 5 rings (SSSR count). The summed E-state index contributed by atoms with van der Waals surface area (Å²) < 4.78 is 36.2. The highest BCUT2D eigenvalue weighted by atomic mass is 79.9. The molecule has 3 heterocycles. The molecule has 0 saturated carbocycles. The molecular formula is C30H22BrF2N3O3. The third kappa shape index (κ3) is 5.22. The Morgan fingerprint density at radius 2 is 1.72 bits per heavy atom. The van der Waals surface area contributed by atoms with Crippen LogP contribution in [0.25, 0.3) is 16.7 Å². The maximum absolute atomic E-state index is 15.1. The molecule has 0 aliphatic heterocycles. The highest BCUT2D eigenvalue weighted by molar-refractivity contribution is 9.10. The molecule has 9 heteroatoms. The van der Waals surface area contributed by atoms with Crippen molar-refractivity contribution < 1.29 is 18.3 Å². The van der Waals surface area contributed by atoms with Crippen LogP contribution in [0.5, 0.6) is 11.5 Å². The lowest BCUT2D eigenvalue weighted by molar-refractivity contribution is 0.0991. The maximum atomic E-state index is 15.1. The highest BCUT2D eigenvalue weighted by Crippen LogP contribution is 2.31. The molecule has 0 fully saturated rings. The fraction of sp³-hybridized carbons (Fsp3) is 0.133. The first kappa shape index (κ1) is 26.4. The Morgan fingerprint density at radius 3 is 2.44 bits per heavy atom. The Balaban J connectivity index is 1.42. The average molecular weight is 590 g/mol. The Bertz CT molecular complexity index is 1820. The van der Waals surface area contributed by atoms with E-state index in [0.717, 1.165) is 11.3 Å². The van der Waals surface area contributed by atoms with Crippen LogP contribution in [-0.4, -0.2) is 20.3 Å². The van der Waals surface area contributed by atoms with Crippen LogP contribution in [0.15, 0.2) is 76.1 Å². The molecule has 0 N–H and O–H groups in total. The summed E-state index contributed by atoms with van der Waals surface area (Å²) in [5.74, 6) is -1.27. The second-order valence-corrected chi connectivity index (χ2v) is 10.00. The number of benzene rings is 2. The van der Waals surface area contributed by atoms with E-state index in [-0.39, 0.29) is 17.7 Å². The molecule has 0 bridgehead atoms. The maximum Gasteiger partial charge on any atom is 0.266 e. The Morgan fingerprint density at radius 1 is 0.974 bits per heavy atom. The van der Waals surface area contributed by atoms with Gasteiger partial charge in [0.2, 0.25) is 0 Å². The Labute approximate surface area is 231 Å². The number of carbonyl (C=O) groups is 1. The molecule has 6 nitrogen and oxygen atoms in total. The molecule has 39 heavy (non-hydrogen) atoms. The summed E-state index contributed by atoms with van der Waals surface area (Å²) in [6.07, 6.45) is 1.36. The predicted molar refractivity (Wildman–Crippen MR) is 148 cm³/mol. The van der Waals surface area contributed by atoms with Crippen molar-refractivity contribution in [1.82, 2.24) is 14.5 Å². The lowest BCUT2D eigenvalue weighted by Crippen LogP contribution is -2.28. The van der Waals surface area contributed by atoms with Crippen LogP contribution >= 0.6 is 15.9 Å². The number of ketones is 1. The van der Waals surface area contributed by atoms with E-state index >= 15 is 4.39 Å². The summed E-state index contributed by atoms with van der Waals surface area (Å²) >= 11 is 3.40. The second kappa shape index (κ2) is 10.5. The van der Waals surface area contributed by atoms with Crippen molar-refractivity contribution in [3.63, 3.8) is 0 Å². The van der Waals surface area contributed by atoms with Crippen LogP contribution in [0.3, 0.4) is 0 Å². The van der Waals surface area contributed by atoms with Crippen LogP contribution < -0.4 is 10.3 Å². The van der Waals surface area contributed by atoms with Gasteiger partial charge in [-0.3, -0.25) is 19.1 Å². The molecule has 0 unspecified atom stereocenters. The zero-order valence-electron chi connectivity index (χ0n) is 21.3. The molecule has 196 valence electrons. The van der Waals surface area contributed by atoms with Gasteiger partial charge in [-0.05, 0) is 96.4 Å². The first-order valence-corrected chi connectivity index (χ1v) is 12.8. The van der Waals surface area contributed by atoms with Gasteiger partial charge < -0.3 is 4.74 Å². The molecule has 0 radical (unpaired) electrons. The summed E-state index contributed by atoms with van der Waals surface area (Å²) in [4.78, 5) is 35.3. The minimum atomic E-state index is -0.664. The molecule has 0 saturated heterocycles. The Hall–Kier alpha value is -4.24. The second-order valence-electron chi connectivity index (χ2n) is 9.14. The van der Waals surface area contributed by atoms with Crippen LogP contribution in [0.1, 0.15) is 32.9 Å². The van der Waals surface area contributed by atoms with E-state index < -0.39 is 23.0 Å². The monoisotopic (exact) mass is 589 g/mol. The van der Waals surface area contributed by atoms with Gasteiger partial charge in [-0.2, -0.15) is 0 Å². The summed E-state index contributed by atoms with van der Waals surface area (Å²) in [7, 11) is 0. The van der Waals surface area contributed by atoms with Gasteiger partial charge in [0.25, 0.3) is 5.56 Å². The number of aryl methyl sites for hydroxylation is 2. The van der Waals surface area contributed by atoms with E-state index in [4.69, 9.17) is 4.74 Å². The average Bonchev–Trinajstić information content (AvgIpc) is 2.90. The zero-order valence-corrected chi connectivity index (χ0v) is 22.8. The van der Waals surface area contributed by atoms with Crippen molar-refractivity contribution >= 4 is 32.7 Å². The van der Waals surface area contributed by atoms with Gasteiger partial charge in [0.05, 0.1) is 11.1 Å². The van der Waals surface area contributed by atoms with Gasteiger partial charge in [0.15, 0.2) is 23.1 Å². The number of pyridine rings is 3. The van der Waals surface area contributed by atoms with Crippen molar-refractivity contribution in [2.75, 3.05) is 0 Å². The van der Waals surface area contributed by atoms with Crippen LogP contribution in [0.4, 0.5) is 8.78 Å². The molecule has 3 aromatic heterocycles. The molecule has 5 aromatic rings. The number of rotatable bonds is 6. The minimum absolute atomic E-state index is 0.0320. The summed E-state index contributed by atoms with van der Waals surface area (Å²) in [6.45, 7) is 5.52. The van der Waals surface area contributed by atoms with Crippen molar-refractivity contribution in [3.05, 3.63) is 121 Å². The fourth-order valence-corrected chi connectivity index (χ4v) is 4.63. The van der Waals surface area contributed by atoms with Crippen LogP contribution in [-0.2, 0) is 6.42 Å². The number of hydrogen-bond donors (Lipinski definition) is 0. The molecule has 0 aliphatic carbocycles. The van der Waals surface area contributed by atoms with E-state index in [2.05, 4.69) is 25.9 Å². The number of aromatic nitrogens is 3. The van der Waals surface area contributed by atoms with Crippen molar-refractivity contribution in [3.8, 4) is 17.2 Å². The number of nitrogens with zero attached hydrogens (tertiary/aromatic N) is 3. The van der Waals surface area contributed by atoms with E-state index in [1.807, 2.05) is 19.9 Å². The van der Waals surface area contributed by atoms with Gasteiger partial charge in [0, 0.05) is 40.2 Å². The summed E-state index contributed by atoms with van der Waals surface area (Å²) in [6, 6.07) is 14.6. The van der Waals surface area contributed by atoms with Gasteiger partial charge in [-0.15, -0.1) is 0 Å². The molecule has 0 atom stereocenters. The zero-order chi connectivity index (χ0) is 27.8. The largest absolute Gasteiger partial charge is 0.452 e. The van der Waals surface area contributed by atoms with Gasteiger partial charge in [0.1, 0.15) is 11.3 Å². The first-order chi connectivity index (χ1) is 18.6. The number of halogens is 3. The van der Waals surface area contributed by atoms with Crippen molar-refractivity contribution in [2.45, 2.75) is 27.2 Å². The predicted octanol–water partition coefficient (Wildman–Crippen LogP) is 6.96. The number of Topliss-reactive ketones (excluding diaryl/α,β-unsaturated/α-hetero) is 1. The molecule has 0 spiro atoms. The first-order valence-electron chi connectivity index (χ1n) is 12.0. The molecular weight excluding hydrogens is 568 g/mol. The number of hydrogen-bond acceptors (Lipinski definition) is 5. The Kier molecular flexibility index (Phi) is 7.10. The summed E-state index contributed by atoms with van der Waals surface area (Å²) in [5.41, 5.74) is 3.68. The van der Waals surface area contributed by atoms with E-state index in [1.54, 1.807) is 25.3 Å². The van der Waals surface area contributed by atoms with Gasteiger partial charge in [-0.25, -0.2) is 13.8 Å². The van der Waals surface area contributed by atoms with E-state index in [1.165, 1.54) is 47.0 Å². The quantitative estimate of drug-likeness (QED) is 0.200. The topological polar surface area (TPSA) is 74.1 Å². The van der Waals surface area contributed by atoms with Gasteiger partial charge >= 0.3 is 0 Å². The smallest absolute Gasteiger partial charge is 0.266 e. The van der Waals surface area contributed by atoms with Crippen molar-refractivity contribution in [1.29, 1.82) is 0 Å². The number of carbonyl (C=O) groups excluding carboxylic acids is 1. The number of ether oxygens (including phenoxy) is 1. The third-order valence-corrected chi connectivity index (χ3v) is 7.27. The minimum Gasteiger partial charge on any atom is -0.452 e. The SMILES string of the molecule is Cc1cc2nccc(Oc3ccc(CC(=O)c4cc(Br)c(C)n(-c5ccc(F)cc5)c4=O)cc3F)c2nc1C. The molecule has 2 aromatic carbocycles. The normalized spacial score (nSPS) is 11.1. The fourth-order valence-electron chi connectivity index (χ4n) is 4.23. The standard InChI is InChI=1S/C30H22BrF2N3O3/c1-16-12-25-29(35-17(16)2)28(10-11-34-25)39-27-9-4-19(13-24(27)33)14-26(37)22-15-23(31)18(3)36(30(22)38)21-7-5-20(32)6-8-21/h4-13,15H,14H2,1-3H3. The van der Waals surface area contributed by atoms with Crippen LogP contribution in [0, 0.1) is 32.4 Å². The third-order valence-electron chi connectivity index (χ3n) is 6.47. The van der Waals surface area contributed by atoms with Crippen LogP contribution in [0.2, 0.25) is 0 Å². The number of fused-ring (bicyclic) bond motifs is 1. The van der Waals surface area contributed by atoms with Gasteiger partial charge in [-0.1, -0.05) is 6.07 Å². The highest BCUT2D eigenvalue weighted by Gasteiger charge is 2.19. The van der Waals surface area contributed by atoms with Crippen molar-refractivity contribution in [2.24, 2.45) is 0 Å². The lowest BCUT2D eigenvalue weighted by atomic mass is 10.0.